The lowest BCUT2D eigenvalue weighted by Crippen LogP contribution is -2.19. The summed E-state index contributed by atoms with van der Waals surface area (Å²) < 4.78 is 23.2. The van der Waals surface area contributed by atoms with E-state index in [9.17, 15) is 8.42 Å². The summed E-state index contributed by atoms with van der Waals surface area (Å²) in [5.74, 6) is 0.0637. The van der Waals surface area contributed by atoms with E-state index < -0.39 is 10.0 Å². The van der Waals surface area contributed by atoms with Gasteiger partial charge in [0.05, 0.1) is 5.75 Å². The van der Waals surface area contributed by atoms with Crippen molar-refractivity contribution in [2.24, 2.45) is 0 Å². The average Bonchev–Trinajstić information content (AvgIpc) is 1.84. The third kappa shape index (κ3) is 4.29. The van der Waals surface area contributed by atoms with E-state index in [1.165, 1.54) is 6.20 Å². The lowest BCUT2D eigenvalue weighted by Gasteiger charge is -1.95. The summed E-state index contributed by atoms with van der Waals surface area (Å²) >= 11 is 5.06. The molecule has 5 heteroatoms. The van der Waals surface area contributed by atoms with Gasteiger partial charge < -0.3 is 0 Å². The van der Waals surface area contributed by atoms with Crippen LogP contribution in [-0.2, 0) is 10.0 Å². The fraction of sp³-hybridized carbons (Fsp3) is 0.500. The molecule has 0 aliphatic heterocycles. The van der Waals surface area contributed by atoms with Gasteiger partial charge in [0.15, 0.2) is 0 Å². The third-order valence-corrected chi connectivity index (χ3v) is 2.07. The van der Waals surface area contributed by atoms with Crippen molar-refractivity contribution < 1.29 is 8.42 Å². The molecule has 0 saturated carbocycles. The predicted octanol–water partition coefficient (Wildman–Crippen LogP) is 0.636. The topological polar surface area (TPSA) is 46.2 Å². The van der Waals surface area contributed by atoms with Crippen molar-refractivity contribution in [3.05, 3.63) is 11.7 Å². The first kappa shape index (κ1) is 8.78. The van der Waals surface area contributed by atoms with E-state index in [0.717, 1.165) is 5.54 Å². The second kappa shape index (κ2) is 3.74. The van der Waals surface area contributed by atoms with Crippen LogP contribution in [0.2, 0.25) is 0 Å². The highest BCUT2D eigenvalue weighted by Crippen LogP contribution is 1.82. The molecule has 0 bridgehead atoms. The van der Waals surface area contributed by atoms with Gasteiger partial charge >= 0.3 is 0 Å². The van der Waals surface area contributed by atoms with E-state index in [1.54, 1.807) is 6.92 Å². The van der Waals surface area contributed by atoms with Gasteiger partial charge in [-0.05, 0) is 6.92 Å². The van der Waals surface area contributed by atoms with Gasteiger partial charge in [0.25, 0.3) is 0 Å². The Morgan fingerprint density at radius 3 is 2.56 bits per heavy atom. The SMILES string of the molecule is CCS(=O)(=O)NC=CCl. The lowest BCUT2D eigenvalue weighted by atomic mass is 11.0. The molecule has 0 aromatic rings. The normalized spacial score (nSPS) is 12.2. The Kier molecular flexibility index (Phi) is 3.65. The van der Waals surface area contributed by atoms with Crippen LogP contribution in [0.25, 0.3) is 0 Å². The maximum Gasteiger partial charge on any atom is 0.231 e. The van der Waals surface area contributed by atoms with E-state index in [0.29, 0.717) is 0 Å². The van der Waals surface area contributed by atoms with Gasteiger partial charge in [-0.15, -0.1) is 0 Å². The molecule has 0 rings (SSSR count). The summed E-state index contributed by atoms with van der Waals surface area (Å²) in [6, 6.07) is 0. The van der Waals surface area contributed by atoms with E-state index in [-0.39, 0.29) is 5.75 Å². The van der Waals surface area contributed by atoms with Crippen molar-refractivity contribution in [3.8, 4) is 0 Å². The summed E-state index contributed by atoms with van der Waals surface area (Å²) in [6.07, 6.45) is 1.17. The first-order valence-corrected chi connectivity index (χ1v) is 4.46. The molecule has 54 valence electrons. The van der Waals surface area contributed by atoms with Crippen LogP contribution in [0.1, 0.15) is 6.92 Å². The van der Waals surface area contributed by atoms with Crippen molar-refractivity contribution in [1.29, 1.82) is 0 Å². The molecule has 0 aliphatic rings. The molecule has 0 aromatic heterocycles. The van der Waals surface area contributed by atoms with Crippen molar-refractivity contribution in [2.75, 3.05) is 5.75 Å². The Morgan fingerprint density at radius 2 is 2.22 bits per heavy atom. The second-order valence-electron chi connectivity index (χ2n) is 1.31. The molecule has 0 unspecified atom stereocenters. The Hall–Kier alpha value is -0.220. The summed E-state index contributed by atoms with van der Waals surface area (Å²) in [6.45, 7) is 1.55. The first-order chi connectivity index (χ1) is 4.12. The number of rotatable bonds is 3. The lowest BCUT2D eigenvalue weighted by molar-refractivity contribution is 0.592. The van der Waals surface area contributed by atoms with Gasteiger partial charge in [0, 0.05) is 11.7 Å². The molecule has 0 aromatic carbocycles. The fourth-order valence-electron chi connectivity index (χ4n) is 0.213. The van der Waals surface area contributed by atoms with Gasteiger partial charge in [-0.1, -0.05) is 11.6 Å². The van der Waals surface area contributed by atoms with Crippen molar-refractivity contribution in [1.82, 2.24) is 4.72 Å². The van der Waals surface area contributed by atoms with Crippen LogP contribution in [-0.4, -0.2) is 14.2 Å². The van der Waals surface area contributed by atoms with E-state index in [2.05, 4.69) is 4.72 Å². The van der Waals surface area contributed by atoms with Gasteiger partial charge in [0.1, 0.15) is 0 Å². The summed E-state index contributed by atoms with van der Waals surface area (Å²) in [7, 11) is -3.10. The largest absolute Gasteiger partial charge is 0.289 e. The minimum atomic E-state index is -3.10. The standard InChI is InChI=1S/C4H8ClNO2S/c1-2-9(7,8)6-4-3-5/h3-4,6H,2H2,1H3. The van der Waals surface area contributed by atoms with Gasteiger partial charge in [-0.25, -0.2) is 8.42 Å². The zero-order valence-corrected chi connectivity index (χ0v) is 6.54. The molecule has 0 radical (unpaired) electrons. The zero-order chi connectivity index (χ0) is 7.33. The molecular weight excluding hydrogens is 162 g/mol. The minimum absolute atomic E-state index is 0.0637. The highest BCUT2D eigenvalue weighted by Gasteiger charge is 1.99. The summed E-state index contributed by atoms with van der Waals surface area (Å²) in [5.41, 5.74) is 1.10. The molecule has 0 heterocycles. The number of halogens is 1. The molecule has 0 spiro atoms. The molecule has 9 heavy (non-hydrogen) atoms. The first-order valence-electron chi connectivity index (χ1n) is 2.37. The van der Waals surface area contributed by atoms with Crippen molar-refractivity contribution in [3.63, 3.8) is 0 Å². The molecule has 0 saturated heterocycles. The molecular formula is C4H8ClNO2S. The van der Waals surface area contributed by atoms with Crippen LogP contribution in [0.5, 0.6) is 0 Å². The maximum absolute atomic E-state index is 10.5. The van der Waals surface area contributed by atoms with Crippen LogP contribution < -0.4 is 4.72 Å². The van der Waals surface area contributed by atoms with E-state index >= 15 is 0 Å². The van der Waals surface area contributed by atoms with Gasteiger partial charge in [-0.3, -0.25) is 4.72 Å². The summed E-state index contributed by atoms with van der Waals surface area (Å²) in [5, 5.41) is 0. The average molecular weight is 170 g/mol. The number of hydrogen-bond donors (Lipinski definition) is 1. The molecule has 0 amide bonds. The van der Waals surface area contributed by atoms with Crippen molar-refractivity contribution in [2.45, 2.75) is 6.92 Å². The molecule has 0 fully saturated rings. The zero-order valence-electron chi connectivity index (χ0n) is 4.96. The number of sulfonamides is 1. The quantitative estimate of drug-likeness (QED) is 0.674. The second-order valence-corrected chi connectivity index (χ2v) is 3.61. The summed E-state index contributed by atoms with van der Waals surface area (Å²) in [4.78, 5) is 0. The van der Waals surface area contributed by atoms with Crippen LogP contribution >= 0.6 is 11.6 Å². The molecule has 1 N–H and O–H groups in total. The van der Waals surface area contributed by atoms with E-state index in [1.807, 2.05) is 0 Å². The Morgan fingerprint density at radius 1 is 1.67 bits per heavy atom. The molecule has 0 atom stereocenters. The Bertz CT molecular complexity index is 185. The highest BCUT2D eigenvalue weighted by atomic mass is 35.5. The Labute approximate surface area is 59.8 Å². The van der Waals surface area contributed by atoms with Crippen LogP contribution in [0.3, 0.4) is 0 Å². The predicted molar refractivity (Wildman–Crippen MR) is 37.6 cm³/mol. The highest BCUT2D eigenvalue weighted by molar-refractivity contribution is 7.89. The maximum atomic E-state index is 10.5. The minimum Gasteiger partial charge on any atom is -0.289 e. The van der Waals surface area contributed by atoms with Crippen LogP contribution in [0, 0.1) is 0 Å². The van der Waals surface area contributed by atoms with E-state index in [4.69, 9.17) is 11.6 Å². The molecule has 3 nitrogen and oxygen atoms in total. The van der Waals surface area contributed by atoms with Crippen LogP contribution in [0.4, 0.5) is 0 Å². The number of nitrogens with one attached hydrogen (secondary N) is 1. The van der Waals surface area contributed by atoms with Crippen molar-refractivity contribution >= 4 is 21.6 Å². The van der Waals surface area contributed by atoms with Gasteiger partial charge in [0.2, 0.25) is 10.0 Å². The fourth-order valence-corrected chi connectivity index (χ4v) is 0.792. The van der Waals surface area contributed by atoms with Crippen LogP contribution in [0.15, 0.2) is 11.7 Å². The van der Waals surface area contributed by atoms with Gasteiger partial charge in [-0.2, -0.15) is 0 Å². The smallest absolute Gasteiger partial charge is 0.231 e. The Balaban J connectivity index is 3.90. The third-order valence-electron chi connectivity index (χ3n) is 0.691. The monoisotopic (exact) mass is 169 g/mol. The molecule has 0 aliphatic carbocycles. The number of hydrogen-bond acceptors (Lipinski definition) is 2.